The van der Waals surface area contributed by atoms with Crippen LogP contribution in [0, 0.1) is 6.92 Å². The zero-order chi connectivity index (χ0) is 17.3. The number of aryl methyl sites for hydroxylation is 1. The van der Waals surface area contributed by atoms with E-state index in [4.69, 9.17) is 10.5 Å². The first-order valence-electron chi connectivity index (χ1n) is 7.86. The van der Waals surface area contributed by atoms with Gasteiger partial charge < -0.3 is 10.5 Å². The average molecular weight is 324 g/mol. The van der Waals surface area contributed by atoms with Gasteiger partial charge in [0, 0.05) is 18.2 Å². The van der Waals surface area contributed by atoms with Crippen LogP contribution >= 0.6 is 0 Å². The summed E-state index contributed by atoms with van der Waals surface area (Å²) < 4.78 is 5.89. The molecular formula is C19H20N2O3. The lowest BCUT2D eigenvalue weighted by atomic mass is 10.0. The van der Waals surface area contributed by atoms with Gasteiger partial charge in [-0.2, -0.15) is 0 Å². The molecule has 0 fully saturated rings. The topological polar surface area (TPSA) is 72.6 Å². The lowest BCUT2D eigenvalue weighted by Gasteiger charge is -2.34. The molecule has 0 bridgehead atoms. The zero-order valence-electron chi connectivity index (χ0n) is 13.8. The van der Waals surface area contributed by atoms with Crippen molar-refractivity contribution in [3.63, 3.8) is 0 Å². The maximum atomic E-state index is 12.8. The summed E-state index contributed by atoms with van der Waals surface area (Å²) in [4.78, 5) is 25.9. The molecule has 0 saturated heterocycles. The lowest BCUT2D eigenvalue weighted by molar-refractivity contribution is -0.128. The summed E-state index contributed by atoms with van der Waals surface area (Å²) in [5, 5.41) is 0. The predicted octanol–water partition coefficient (Wildman–Crippen LogP) is 2.50. The van der Waals surface area contributed by atoms with Crippen LogP contribution in [0.5, 0.6) is 5.75 Å². The van der Waals surface area contributed by atoms with Crippen molar-refractivity contribution in [3.05, 3.63) is 53.6 Å². The number of nitrogens with zero attached hydrogens (tertiary/aromatic N) is 1. The molecule has 1 atom stereocenters. The molecule has 0 saturated carbocycles. The molecule has 5 nitrogen and oxygen atoms in total. The van der Waals surface area contributed by atoms with E-state index in [1.165, 1.54) is 11.8 Å². The van der Waals surface area contributed by atoms with E-state index in [0.717, 1.165) is 11.1 Å². The van der Waals surface area contributed by atoms with Gasteiger partial charge in [-0.05, 0) is 31.5 Å². The third kappa shape index (κ3) is 3.25. The number of Topliss-reactive ketones (excluding diaryl/α,β-unsaturated/α-hetero) is 1. The molecule has 0 aromatic heterocycles. The second-order valence-corrected chi connectivity index (χ2v) is 6.15. The monoisotopic (exact) mass is 324 g/mol. The summed E-state index contributed by atoms with van der Waals surface area (Å²) in [5.41, 5.74) is 9.14. The van der Waals surface area contributed by atoms with E-state index in [9.17, 15) is 9.59 Å². The van der Waals surface area contributed by atoms with Crippen LogP contribution in [0.4, 0.5) is 11.4 Å². The second kappa shape index (κ2) is 6.35. The van der Waals surface area contributed by atoms with Gasteiger partial charge in [-0.25, -0.2) is 0 Å². The quantitative estimate of drug-likeness (QED) is 0.877. The van der Waals surface area contributed by atoms with Crippen LogP contribution in [-0.4, -0.2) is 24.3 Å². The van der Waals surface area contributed by atoms with Crippen molar-refractivity contribution < 1.29 is 14.3 Å². The first kappa shape index (κ1) is 16.1. The van der Waals surface area contributed by atoms with Crippen molar-refractivity contribution in [1.82, 2.24) is 0 Å². The second-order valence-electron chi connectivity index (χ2n) is 6.15. The van der Waals surface area contributed by atoms with Gasteiger partial charge in [-0.15, -0.1) is 0 Å². The molecule has 1 aliphatic rings. The standard InChI is InChI=1S/C19H20N2O3/c1-12-3-5-14(6-4-12)9-18-19(23)21(11-13(2)22)16-8-7-15(20)10-17(16)24-18/h3-8,10,18H,9,11,20H2,1-2H3. The number of benzene rings is 2. The molecule has 0 aliphatic carbocycles. The van der Waals surface area contributed by atoms with E-state index in [-0.39, 0.29) is 18.2 Å². The Hall–Kier alpha value is -2.82. The largest absolute Gasteiger partial charge is 0.478 e. The molecule has 0 radical (unpaired) electrons. The number of ether oxygens (including phenoxy) is 1. The van der Waals surface area contributed by atoms with E-state index in [2.05, 4.69) is 0 Å². The fourth-order valence-electron chi connectivity index (χ4n) is 2.80. The number of nitrogen functional groups attached to an aromatic ring is 1. The number of fused-ring (bicyclic) bond motifs is 1. The van der Waals surface area contributed by atoms with Crippen LogP contribution in [0.2, 0.25) is 0 Å². The first-order chi connectivity index (χ1) is 11.4. The van der Waals surface area contributed by atoms with Crippen molar-refractivity contribution in [2.45, 2.75) is 26.4 Å². The van der Waals surface area contributed by atoms with Crippen LogP contribution in [-0.2, 0) is 16.0 Å². The molecule has 1 unspecified atom stereocenters. The van der Waals surface area contributed by atoms with E-state index in [1.54, 1.807) is 18.2 Å². The van der Waals surface area contributed by atoms with Crippen LogP contribution in [0.15, 0.2) is 42.5 Å². The maximum Gasteiger partial charge on any atom is 0.268 e. The van der Waals surface area contributed by atoms with Crippen LogP contribution < -0.4 is 15.4 Å². The fraction of sp³-hybridized carbons (Fsp3) is 0.263. The van der Waals surface area contributed by atoms with Crippen LogP contribution in [0.25, 0.3) is 0 Å². The van der Waals surface area contributed by atoms with Gasteiger partial charge in [0.1, 0.15) is 11.5 Å². The number of rotatable bonds is 4. The third-order valence-electron chi connectivity index (χ3n) is 4.01. The van der Waals surface area contributed by atoms with Crippen molar-refractivity contribution >= 4 is 23.1 Å². The van der Waals surface area contributed by atoms with Crippen molar-refractivity contribution in [2.75, 3.05) is 17.2 Å². The normalized spacial score (nSPS) is 16.5. The molecule has 3 rings (SSSR count). The number of carbonyl (C=O) groups excluding carboxylic acids is 2. The van der Waals surface area contributed by atoms with Gasteiger partial charge in [0.2, 0.25) is 0 Å². The highest BCUT2D eigenvalue weighted by Crippen LogP contribution is 2.36. The number of hydrogen-bond donors (Lipinski definition) is 1. The number of nitrogens with two attached hydrogens (primary N) is 1. The molecule has 2 N–H and O–H groups in total. The molecule has 24 heavy (non-hydrogen) atoms. The average Bonchev–Trinajstić information content (AvgIpc) is 2.53. The Labute approximate surface area is 141 Å². The number of amides is 1. The Morgan fingerprint density at radius 2 is 1.92 bits per heavy atom. The van der Waals surface area contributed by atoms with Crippen molar-refractivity contribution in [2.24, 2.45) is 0 Å². The number of anilines is 2. The highest BCUT2D eigenvalue weighted by Gasteiger charge is 2.35. The number of hydrogen-bond acceptors (Lipinski definition) is 4. The molecule has 0 spiro atoms. The van der Waals surface area contributed by atoms with Gasteiger partial charge in [0.05, 0.1) is 12.2 Å². The van der Waals surface area contributed by atoms with E-state index >= 15 is 0 Å². The van der Waals surface area contributed by atoms with Gasteiger partial charge in [0.15, 0.2) is 6.10 Å². The van der Waals surface area contributed by atoms with E-state index < -0.39 is 6.10 Å². The van der Waals surface area contributed by atoms with Gasteiger partial charge in [-0.3, -0.25) is 14.5 Å². The van der Waals surface area contributed by atoms with Gasteiger partial charge in [-0.1, -0.05) is 29.8 Å². The van der Waals surface area contributed by atoms with E-state index in [1.807, 2.05) is 31.2 Å². The first-order valence-corrected chi connectivity index (χ1v) is 7.86. The van der Waals surface area contributed by atoms with Gasteiger partial charge in [0.25, 0.3) is 5.91 Å². The summed E-state index contributed by atoms with van der Waals surface area (Å²) in [6, 6.07) is 13.1. The summed E-state index contributed by atoms with van der Waals surface area (Å²) >= 11 is 0. The molecule has 5 heteroatoms. The van der Waals surface area contributed by atoms with E-state index in [0.29, 0.717) is 23.5 Å². The molecule has 1 aliphatic heterocycles. The van der Waals surface area contributed by atoms with Crippen molar-refractivity contribution in [1.29, 1.82) is 0 Å². The third-order valence-corrected chi connectivity index (χ3v) is 4.01. The predicted molar refractivity (Wildman–Crippen MR) is 93.2 cm³/mol. The Kier molecular flexibility index (Phi) is 4.25. The zero-order valence-corrected chi connectivity index (χ0v) is 13.8. The number of carbonyl (C=O) groups is 2. The molecule has 1 amide bonds. The Morgan fingerprint density at radius 1 is 1.21 bits per heavy atom. The minimum atomic E-state index is -0.665. The Bertz CT molecular complexity index is 784. The van der Waals surface area contributed by atoms with Gasteiger partial charge >= 0.3 is 0 Å². The van der Waals surface area contributed by atoms with Crippen LogP contribution in [0.1, 0.15) is 18.1 Å². The molecule has 2 aromatic carbocycles. The minimum absolute atomic E-state index is 0.0313. The Morgan fingerprint density at radius 3 is 2.58 bits per heavy atom. The molecule has 1 heterocycles. The summed E-state index contributed by atoms with van der Waals surface area (Å²) in [6.45, 7) is 3.51. The van der Waals surface area contributed by atoms with Crippen LogP contribution in [0.3, 0.4) is 0 Å². The number of ketones is 1. The lowest BCUT2D eigenvalue weighted by Crippen LogP contribution is -2.48. The molecule has 2 aromatic rings. The smallest absolute Gasteiger partial charge is 0.268 e. The van der Waals surface area contributed by atoms with Crippen molar-refractivity contribution in [3.8, 4) is 5.75 Å². The highest BCUT2D eigenvalue weighted by atomic mass is 16.5. The summed E-state index contributed by atoms with van der Waals surface area (Å²) in [5.74, 6) is 0.248. The molecule has 124 valence electrons. The minimum Gasteiger partial charge on any atom is -0.478 e. The molecular weight excluding hydrogens is 304 g/mol. The maximum absolute atomic E-state index is 12.8. The summed E-state index contributed by atoms with van der Waals surface area (Å²) in [6.07, 6.45) is -0.219. The highest BCUT2D eigenvalue weighted by molar-refractivity contribution is 6.04. The fourth-order valence-corrected chi connectivity index (χ4v) is 2.80. The Balaban J connectivity index is 1.92. The SMILES string of the molecule is CC(=O)CN1C(=O)C(Cc2ccc(C)cc2)Oc2cc(N)ccc21. The summed E-state index contributed by atoms with van der Waals surface area (Å²) in [7, 11) is 0.